The van der Waals surface area contributed by atoms with Crippen molar-refractivity contribution in [3.05, 3.63) is 57.4 Å². The molecule has 0 aliphatic carbocycles. The van der Waals surface area contributed by atoms with Crippen LogP contribution < -0.4 is 14.4 Å². The number of nitrogens with zero attached hydrogens (tertiary/aromatic N) is 1. The molecule has 134 valence electrons. The van der Waals surface area contributed by atoms with Crippen LogP contribution in [0.15, 0.2) is 51.8 Å². The normalized spacial score (nSPS) is 15.7. The zero-order valence-electron chi connectivity index (χ0n) is 14.2. The zero-order chi connectivity index (χ0) is 18.7. The molecule has 3 rings (SSSR count). The van der Waals surface area contributed by atoms with Crippen LogP contribution in [0, 0.1) is 0 Å². The number of carbonyl (C=O) groups is 2. The number of hydrogen-bond donors (Lipinski definition) is 0. The summed E-state index contributed by atoms with van der Waals surface area (Å²) in [5, 5.41) is -0.315. The van der Waals surface area contributed by atoms with E-state index in [1.54, 1.807) is 43.5 Å². The van der Waals surface area contributed by atoms with Gasteiger partial charge in [0, 0.05) is 0 Å². The van der Waals surface area contributed by atoms with Crippen LogP contribution in [0.3, 0.4) is 0 Å². The average Bonchev–Trinajstić information content (AvgIpc) is 2.89. The fourth-order valence-electron chi connectivity index (χ4n) is 2.55. The lowest BCUT2D eigenvalue weighted by molar-refractivity contribution is -0.113. The van der Waals surface area contributed by atoms with E-state index >= 15 is 0 Å². The monoisotopic (exact) mass is 433 g/mol. The Bertz CT molecular complexity index is 883. The lowest BCUT2D eigenvalue weighted by atomic mass is 10.1. The number of ether oxygens (including phenoxy) is 2. The highest BCUT2D eigenvalue weighted by molar-refractivity contribution is 9.10. The molecule has 1 fully saturated rings. The highest BCUT2D eigenvalue weighted by Gasteiger charge is 2.36. The first-order chi connectivity index (χ1) is 12.5. The summed E-state index contributed by atoms with van der Waals surface area (Å²) in [4.78, 5) is 26.5. The number of carbonyl (C=O) groups excluding carboxylic acids is 2. The van der Waals surface area contributed by atoms with Crippen LogP contribution in [0.2, 0.25) is 0 Å². The van der Waals surface area contributed by atoms with Gasteiger partial charge in [0.1, 0.15) is 0 Å². The molecule has 0 N–H and O–H groups in total. The van der Waals surface area contributed by atoms with Crippen LogP contribution in [-0.4, -0.2) is 24.9 Å². The Labute approximate surface area is 164 Å². The van der Waals surface area contributed by atoms with E-state index in [1.807, 2.05) is 19.1 Å². The Morgan fingerprint density at radius 3 is 2.58 bits per heavy atom. The smallest absolute Gasteiger partial charge is 0.298 e. The largest absolute Gasteiger partial charge is 0.492 e. The second-order valence-corrected chi connectivity index (χ2v) is 7.17. The highest BCUT2D eigenvalue weighted by Crippen LogP contribution is 2.39. The third kappa shape index (κ3) is 3.64. The molecule has 2 aromatic carbocycles. The van der Waals surface area contributed by atoms with Crippen molar-refractivity contribution in [2.75, 3.05) is 18.6 Å². The van der Waals surface area contributed by atoms with Crippen molar-refractivity contribution in [1.82, 2.24) is 0 Å². The molecule has 2 amide bonds. The number of hydrogen-bond acceptors (Lipinski definition) is 5. The number of methoxy groups -OCH3 is 1. The maximum Gasteiger partial charge on any atom is 0.298 e. The van der Waals surface area contributed by atoms with Gasteiger partial charge in [-0.25, -0.2) is 4.90 Å². The number of anilines is 1. The van der Waals surface area contributed by atoms with Crippen LogP contribution in [0.1, 0.15) is 12.5 Å². The minimum absolute atomic E-state index is 0.315. The van der Waals surface area contributed by atoms with Gasteiger partial charge in [-0.15, -0.1) is 0 Å². The van der Waals surface area contributed by atoms with E-state index in [-0.39, 0.29) is 11.1 Å². The summed E-state index contributed by atoms with van der Waals surface area (Å²) in [6, 6.07) is 12.5. The van der Waals surface area contributed by atoms with E-state index in [0.29, 0.717) is 33.2 Å². The maximum absolute atomic E-state index is 12.7. The molecule has 2 aromatic rings. The van der Waals surface area contributed by atoms with Crippen molar-refractivity contribution < 1.29 is 19.1 Å². The van der Waals surface area contributed by atoms with Gasteiger partial charge < -0.3 is 9.47 Å². The molecule has 0 atom stereocenters. The van der Waals surface area contributed by atoms with Crippen molar-refractivity contribution in [3.8, 4) is 11.5 Å². The topological polar surface area (TPSA) is 55.8 Å². The Kier molecular flexibility index (Phi) is 5.68. The first kappa shape index (κ1) is 18.5. The third-order valence-electron chi connectivity index (χ3n) is 3.64. The van der Waals surface area contributed by atoms with E-state index in [2.05, 4.69) is 15.9 Å². The molecule has 26 heavy (non-hydrogen) atoms. The van der Waals surface area contributed by atoms with Gasteiger partial charge in [0.25, 0.3) is 11.1 Å². The van der Waals surface area contributed by atoms with Crippen molar-refractivity contribution in [2.24, 2.45) is 0 Å². The van der Waals surface area contributed by atoms with E-state index < -0.39 is 0 Å². The number of rotatable bonds is 5. The van der Waals surface area contributed by atoms with Gasteiger partial charge in [0.05, 0.1) is 28.8 Å². The van der Waals surface area contributed by atoms with Gasteiger partial charge in [0.2, 0.25) is 0 Å². The Morgan fingerprint density at radius 1 is 1.19 bits per heavy atom. The van der Waals surface area contributed by atoms with Gasteiger partial charge in [-0.05, 0) is 70.5 Å². The predicted molar refractivity (Wildman–Crippen MR) is 107 cm³/mol. The van der Waals surface area contributed by atoms with Gasteiger partial charge in [-0.2, -0.15) is 0 Å². The molecular weight excluding hydrogens is 418 g/mol. The van der Waals surface area contributed by atoms with Gasteiger partial charge >= 0.3 is 0 Å². The summed E-state index contributed by atoms with van der Waals surface area (Å²) >= 11 is 4.37. The first-order valence-corrected chi connectivity index (χ1v) is 9.49. The standard InChI is InChI=1S/C19H16BrNO4S/c1-3-25-15-10-12(9-14(20)17(15)24-2)11-16-18(22)21(19(23)26-16)13-7-5-4-6-8-13/h4-11H,3H2,1-2H3/b16-11-. The number of amides is 2. The Hall–Kier alpha value is -2.25. The molecular formula is C19H16BrNO4S. The van der Waals surface area contributed by atoms with Crippen molar-refractivity contribution in [1.29, 1.82) is 0 Å². The number of benzene rings is 2. The first-order valence-electron chi connectivity index (χ1n) is 7.88. The van der Waals surface area contributed by atoms with Crippen molar-refractivity contribution in [2.45, 2.75) is 6.92 Å². The zero-order valence-corrected chi connectivity index (χ0v) is 16.6. The van der Waals surface area contributed by atoms with Crippen LogP contribution in [-0.2, 0) is 4.79 Å². The van der Waals surface area contributed by atoms with Gasteiger partial charge in [0.15, 0.2) is 11.5 Å². The van der Waals surface area contributed by atoms with Crippen molar-refractivity contribution in [3.63, 3.8) is 0 Å². The maximum atomic E-state index is 12.7. The predicted octanol–water partition coefficient (Wildman–Crippen LogP) is 5.10. The number of thioether (sulfide) groups is 1. The Morgan fingerprint density at radius 2 is 1.92 bits per heavy atom. The second kappa shape index (κ2) is 7.97. The molecule has 0 saturated carbocycles. The van der Waals surface area contributed by atoms with Crippen LogP contribution in [0.25, 0.3) is 6.08 Å². The van der Waals surface area contributed by atoms with E-state index in [0.717, 1.165) is 17.3 Å². The Balaban J connectivity index is 1.96. The molecule has 0 aromatic heterocycles. The summed E-state index contributed by atoms with van der Waals surface area (Å²) < 4.78 is 11.6. The summed E-state index contributed by atoms with van der Waals surface area (Å²) in [6.45, 7) is 2.36. The quantitative estimate of drug-likeness (QED) is 0.614. The molecule has 1 saturated heterocycles. The summed E-state index contributed by atoms with van der Waals surface area (Å²) in [5.41, 5.74) is 1.30. The highest BCUT2D eigenvalue weighted by atomic mass is 79.9. The summed E-state index contributed by atoms with van der Waals surface area (Å²) in [5.74, 6) is 0.815. The van der Waals surface area contributed by atoms with Gasteiger partial charge in [-0.3, -0.25) is 9.59 Å². The molecule has 1 aliphatic rings. The fraction of sp³-hybridized carbons (Fsp3) is 0.158. The molecule has 1 aliphatic heterocycles. The molecule has 0 radical (unpaired) electrons. The minimum Gasteiger partial charge on any atom is -0.492 e. The van der Waals surface area contributed by atoms with Crippen molar-refractivity contribution >= 4 is 50.6 Å². The summed E-state index contributed by atoms with van der Waals surface area (Å²) in [7, 11) is 1.56. The molecule has 7 heteroatoms. The number of halogens is 1. The summed E-state index contributed by atoms with van der Waals surface area (Å²) in [6.07, 6.45) is 1.68. The molecule has 0 bridgehead atoms. The average molecular weight is 434 g/mol. The van der Waals surface area contributed by atoms with Crippen LogP contribution >= 0.6 is 27.7 Å². The molecule has 0 unspecified atom stereocenters. The van der Waals surface area contributed by atoms with Gasteiger partial charge in [-0.1, -0.05) is 18.2 Å². The van der Waals surface area contributed by atoms with E-state index in [4.69, 9.17) is 9.47 Å². The molecule has 5 nitrogen and oxygen atoms in total. The molecule has 0 spiro atoms. The molecule has 1 heterocycles. The fourth-order valence-corrected chi connectivity index (χ4v) is 4.01. The third-order valence-corrected chi connectivity index (χ3v) is 5.10. The van der Waals surface area contributed by atoms with E-state index in [9.17, 15) is 9.59 Å². The van der Waals surface area contributed by atoms with Crippen LogP contribution in [0.4, 0.5) is 10.5 Å². The lowest BCUT2D eigenvalue weighted by Crippen LogP contribution is -2.27. The van der Waals surface area contributed by atoms with Crippen LogP contribution in [0.5, 0.6) is 11.5 Å². The number of para-hydroxylation sites is 1. The minimum atomic E-state index is -0.337. The number of imide groups is 1. The van der Waals surface area contributed by atoms with E-state index in [1.165, 1.54) is 4.90 Å². The lowest BCUT2D eigenvalue weighted by Gasteiger charge is -2.12. The second-order valence-electron chi connectivity index (χ2n) is 5.32. The SMILES string of the molecule is CCOc1cc(/C=C2\SC(=O)N(c3ccccc3)C2=O)cc(Br)c1OC.